The highest BCUT2D eigenvalue weighted by atomic mass is 16.1. The maximum atomic E-state index is 12.2. The summed E-state index contributed by atoms with van der Waals surface area (Å²) in [6.07, 6.45) is 6.13. The molecule has 2 rings (SSSR count). The molecule has 1 aromatic heterocycles. The Balaban J connectivity index is 2.41. The molecule has 2 aromatic rings. The number of aromatic nitrogens is 2. The Kier molecular flexibility index (Phi) is 4.53. The number of nitrogens with two attached hydrogens (primary N) is 1. The fourth-order valence-electron chi connectivity index (χ4n) is 2.27. The van der Waals surface area contributed by atoms with Crippen LogP contribution in [0.15, 0.2) is 49.1 Å². The van der Waals surface area contributed by atoms with Gasteiger partial charge in [0.15, 0.2) is 0 Å². The molecule has 1 amide bonds. The van der Waals surface area contributed by atoms with Gasteiger partial charge in [-0.1, -0.05) is 37.3 Å². The molecular weight excluding hydrogens is 252 g/mol. The molecule has 0 spiro atoms. The first-order valence-corrected chi connectivity index (χ1v) is 6.75. The molecule has 0 radical (unpaired) electrons. The molecule has 0 aliphatic carbocycles. The summed E-state index contributed by atoms with van der Waals surface area (Å²) in [4.78, 5) is 16.2. The average molecular weight is 272 g/mol. The number of benzene rings is 1. The van der Waals surface area contributed by atoms with E-state index in [1.54, 1.807) is 12.5 Å². The summed E-state index contributed by atoms with van der Waals surface area (Å²) in [5.74, 6) is -0.383. The van der Waals surface area contributed by atoms with Gasteiger partial charge in [0, 0.05) is 12.4 Å². The number of hydrogen-bond donors (Lipinski definition) is 2. The molecule has 1 heterocycles. The minimum atomic E-state index is -0.919. The molecule has 0 aliphatic rings. The first kappa shape index (κ1) is 14.3. The van der Waals surface area contributed by atoms with Gasteiger partial charge < -0.3 is 10.3 Å². The molecule has 20 heavy (non-hydrogen) atoms. The van der Waals surface area contributed by atoms with E-state index in [9.17, 15) is 4.79 Å². The molecule has 0 saturated carbocycles. The molecule has 106 valence electrons. The van der Waals surface area contributed by atoms with Crippen molar-refractivity contribution in [3.8, 4) is 0 Å². The third-order valence-electron chi connectivity index (χ3n) is 3.34. The lowest BCUT2D eigenvalue weighted by atomic mass is 9.88. The van der Waals surface area contributed by atoms with Crippen LogP contribution in [-0.2, 0) is 16.9 Å². The smallest absolute Gasteiger partial charge is 0.244 e. The van der Waals surface area contributed by atoms with Crippen molar-refractivity contribution < 1.29 is 4.79 Å². The molecule has 5 nitrogen and oxygen atoms in total. The fourth-order valence-corrected chi connectivity index (χ4v) is 2.27. The van der Waals surface area contributed by atoms with E-state index >= 15 is 0 Å². The topological polar surface area (TPSA) is 72.9 Å². The second-order valence-electron chi connectivity index (χ2n) is 4.80. The lowest BCUT2D eigenvalue weighted by Crippen LogP contribution is -2.55. The third-order valence-corrected chi connectivity index (χ3v) is 3.34. The molecule has 5 heteroatoms. The summed E-state index contributed by atoms with van der Waals surface area (Å²) in [6.45, 7) is 3.19. The molecule has 0 bridgehead atoms. The summed E-state index contributed by atoms with van der Waals surface area (Å²) in [7, 11) is 0. The van der Waals surface area contributed by atoms with E-state index in [-0.39, 0.29) is 5.91 Å². The Morgan fingerprint density at radius 1 is 1.40 bits per heavy atom. The molecule has 0 fully saturated rings. The van der Waals surface area contributed by atoms with E-state index in [2.05, 4.69) is 17.2 Å². The number of imidazole rings is 1. The molecule has 1 unspecified atom stereocenters. The summed E-state index contributed by atoms with van der Waals surface area (Å²) in [5.41, 5.74) is 5.68. The normalized spacial score (nSPS) is 13.8. The van der Waals surface area contributed by atoms with Crippen LogP contribution >= 0.6 is 0 Å². The lowest BCUT2D eigenvalue weighted by Gasteiger charge is -2.32. The van der Waals surface area contributed by atoms with Gasteiger partial charge in [0.25, 0.3) is 0 Å². The molecule has 1 atom stereocenters. The summed E-state index contributed by atoms with van der Waals surface area (Å²) in [6, 6.07) is 9.59. The lowest BCUT2D eigenvalue weighted by molar-refractivity contribution is -0.125. The van der Waals surface area contributed by atoms with Crippen LogP contribution in [0.4, 0.5) is 0 Å². The van der Waals surface area contributed by atoms with Crippen molar-refractivity contribution in [2.24, 2.45) is 5.73 Å². The zero-order valence-corrected chi connectivity index (χ0v) is 11.6. The summed E-state index contributed by atoms with van der Waals surface area (Å²) >= 11 is 0. The van der Waals surface area contributed by atoms with Crippen molar-refractivity contribution in [1.29, 1.82) is 0 Å². The van der Waals surface area contributed by atoms with Crippen molar-refractivity contribution >= 4 is 5.91 Å². The second kappa shape index (κ2) is 6.34. The van der Waals surface area contributed by atoms with E-state index in [0.29, 0.717) is 13.1 Å². The van der Waals surface area contributed by atoms with Crippen LogP contribution in [0, 0.1) is 0 Å². The Morgan fingerprint density at radius 2 is 2.15 bits per heavy atom. The summed E-state index contributed by atoms with van der Waals surface area (Å²) < 4.78 is 1.86. The van der Waals surface area contributed by atoms with Crippen LogP contribution in [0.3, 0.4) is 0 Å². The first-order chi connectivity index (χ1) is 9.69. The second-order valence-corrected chi connectivity index (χ2v) is 4.80. The standard InChI is InChI=1S/C15H20N4O/c1-2-8-18-15(14(16)20,11-19-10-9-17-12-19)13-6-4-3-5-7-13/h3-7,9-10,12,18H,2,8,11H2,1H3,(H2,16,20). The monoisotopic (exact) mass is 272 g/mol. The number of carbonyl (C=O) groups excluding carboxylic acids is 1. The predicted octanol–water partition coefficient (Wildman–Crippen LogP) is 1.26. The number of nitrogens with zero attached hydrogens (tertiary/aromatic N) is 2. The van der Waals surface area contributed by atoms with Gasteiger partial charge >= 0.3 is 0 Å². The maximum Gasteiger partial charge on any atom is 0.244 e. The minimum absolute atomic E-state index is 0.383. The van der Waals surface area contributed by atoms with Gasteiger partial charge in [0.1, 0.15) is 5.54 Å². The van der Waals surface area contributed by atoms with E-state index in [0.717, 1.165) is 12.0 Å². The third kappa shape index (κ3) is 2.88. The van der Waals surface area contributed by atoms with Crippen molar-refractivity contribution in [2.75, 3.05) is 6.54 Å². The van der Waals surface area contributed by atoms with E-state index < -0.39 is 5.54 Å². The first-order valence-electron chi connectivity index (χ1n) is 6.75. The van der Waals surface area contributed by atoms with Crippen LogP contribution in [0.2, 0.25) is 0 Å². The highest BCUT2D eigenvalue weighted by Crippen LogP contribution is 2.23. The Morgan fingerprint density at radius 3 is 2.70 bits per heavy atom. The van der Waals surface area contributed by atoms with Crippen LogP contribution in [0.5, 0.6) is 0 Å². The fraction of sp³-hybridized carbons (Fsp3) is 0.333. The maximum absolute atomic E-state index is 12.2. The van der Waals surface area contributed by atoms with Crippen LogP contribution in [-0.4, -0.2) is 22.0 Å². The van der Waals surface area contributed by atoms with Crippen LogP contribution in [0.25, 0.3) is 0 Å². The number of nitrogens with one attached hydrogen (secondary N) is 1. The molecule has 0 aliphatic heterocycles. The van der Waals surface area contributed by atoms with Gasteiger partial charge in [-0.05, 0) is 18.5 Å². The zero-order chi connectivity index (χ0) is 14.4. The largest absolute Gasteiger partial charge is 0.368 e. The molecule has 3 N–H and O–H groups in total. The van der Waals surface area contributed by atoms with Gasteiger partial charge in [-0.2, -0.15) is 0 Å². The minimum Gasteiger partial charge on any atom is -0.368 e. The Labute approximate surface area is 118 Å². The van der Waals surface area contributed by atoms with Gasteiger partial charge in [0.05, 0.1) is 12.9 Å². The molecule has 0 saturated heterocycles. The number of amides is 1. The number of rotatable bonds is 7. The Bertz CT molecular complexity index is 538. The van der Waals surface area contributed by atoms with E-state index in [1.165, 1.54) is 0 Å². The quantitative estimate of drug-likeness (QED) is 0.797. The Hall–Kier alpha value is -2.14. The van der Waals surface area contributed by atoms with Crippen molar-refractivity contribution in [2.45, 2.75) is 25.4 Å². The summed E-state index contributed by atoms with van der Waals surface area (Å²) in [5, 5.41) is 3.31. The SMILES string of the molecule is CCCNC(Cn1ccnc1)(C(N)=O)c1ccccc1. The van der Waals surface area contributed by atoms with E-state index in [4.69, 9.17) is 5.73 Å². The highest BCUT2D eigenvalue weighted by molar-refractivity contribution is 5.86. The van der Waals surface area contributed by atoms with Crippen LogP contribution in [0.1, 0.15) is 18.9 Å². The van der Waals surface area contributed by atoms with E-state index in [1.807, 2.05) is 41.1 Å². The molecule has 1 aromatic carbocycles. The van der Waals surface area contributed by atoms with Gasteiger partial charge in [-0.15, -0.1) is 0 Å². The highest BCUT2D eigenvalue weighted by Gasteiger charge is 2.38. The number of primary amides is 1. The van der Waals surface area contributed by atoms with Gasteiger partial charge in [-0.25, -0.2) is 4.98 Å². The zero-order valence-electron chi connectivity index (χ0n) is 11.6. The van der Waals surface area contributed by atoms with Crippen molar-refractivity contribution in [1.82, 2.24) is 14.9 Å². The average Bonchev–Trinajstić information content (AvgIpc) is 2.97. The molecular formula is C15H20N4O. The van der Waals surface area contributed by atoms with Crippen molar-refractivity contribution in [3.63, 3.8) is 0 Å². The number of hydrogen-bond acceptors (Lipinski definition) is 3. The predicted molar refractivity (Wildman–Crippen MR) is 77.8 cm³/mol. The van der Waals surface area contributed by atoms with Crippen molar-refractivity contribution in [3.05, 3.63) is 54.6 Å². The van der Waals surface area contributed by atoms with Gasteiger partial charge in [-0.3, -0.25) is 10.1 Å². The number of carbonyl (C=O) groups is 1. The van der Waals surface area contributed by atoms with Crippen LogP contribution < -0.4 is 11.1 Å². The van der Waals surface area contributed by atoms with Gasteiger partial charge in [0.2, 0.25) is 5.91 Å².